The lowest BCUT2D eigenvalue weighted by Crippen LogP contribution is -2.06. The van der Waals surface area contributed by atoms with Crippen LogP contribution in [-0.4, -0.2) is 20.0 Å². The molecule has 0 saturated carbocycles. The van der Waals surface area contributed by atoms with E-state index in [-0.39, 0.29) is 26.3 Å². The van der Waals surface area contributed by atoms with Gasteiger partial charge in [-0.15, -0.1) is 5.10 Å². The lowest BCUT2D eigenvalue weighted by molar-refractivity contribution is 0.629. The summed E-state index contributed by atoms with van der Waals surface area (Å²) in [4.78, 5) is 13.9. The molecule has 0 aliphatic rings. The number of hydrogen-bond donors (Lipinski definition) is 1. The van der Waals surface area contributed by atoms with E-state index in [1.807, 2.05) is 0 Å². The lowest BCUT2D eigenvalue weighted by atomic mass is 10.0. The van der Waals surface area contributed by atoms with Gasteiger partial charge in [-0.1, -0.05) is 40.0 Å². The second kappa shape index (κ2) is 5.72. The number of hydrogen-bond acceptors (Lipinski definition) is 3. The Bertz CT molecular complexity index is 922. The Labute approximate surface area is 138 Å². The summed E-state index contributed by atoms with van der Waals surface area (Å²) < 4.78 is 15.8. The third kappa shape index (κ3) is 2.61. The molecule has 0 amide bonds. The molecule has 0 radical (unpaired) electrons. The van der Waals surface area contributed by atoms with Crippen molar-refractivity contribution >= 4 is 34.8 Å². The van der Waals surface area contributed by atoms with E-state index < -0.39 is 11.4 Å². The minimum Gasteiger partial charge on any atom is -0.328 e. The fourth-order valence-corrected chi connectivity index (χ4v) is 2.48. The van der Waals surface area contributed by atoms with E-state index in [2.05, 4.69) is 15.3 Å². The minimum atomic E-state index is -0.724. The number of rotatable bonds is 2. The summed E-state index contributed by atoms with van der Waals surface area (Å²) in [6.07, 6.45) is 2.67. The van der Waals surface area contributed by atoms with Crippen molar-refractivity contribution in [1.82, 2.24) is 20.0 Å². The second-order valence-corrected chi connectivity index (χ2v) is 5.50. The summed E-state index contributed by atoms with van der Waals surface area (Å²) in [5.74, 6) is -0.724. The largest absolute Gasteiger partial charge is 0.328 e. The van der Waals surface area contributed by atoms with Gasteiger partial charge in [0.25, 0.3) is 0 Å². The number of halogens is 4. The molecule has 0 bridgehead atoms. The first-order valence-corrected chi connectivity index (χ1v) is 7.05. The smallest absolute Gasteiger partial charge is 0.248 e. The van der Waals surface area contributed by atoms with Gasteiger partial charge in [0.05, 0.1) is 21.9 Å². The van der Waals surface area contributed by atoms with Crippen molar-refractivity contribution in [1.29, 1.82) is 0 Å². The van der Waals surface area contributed by atoms with E-state index in [0.29, 0.717) is 5.69 Å². The van der Waals surface area contributed by atoms with E-state index in [4.69, 9.17) is 34.8 Å². The van der Waals surface area contributed by atoms with Crippen LogP contribution in [0, 0.1) is 5.82 Å². The Balaban J connectivity index is 2.36. The summed E-state index contributed by atoms with van der Waals surface area (Å²) in [6, 6.07) is 4.08. The number of H-pyrrole nitrogens is 1. The van der Waals surface area contributed by atoms with Crippen molar-refractivity contribution < 1.29 is 4.39 Å². The maximum absolute atomic E-state index is 14.6. The lowest BCUT2D eigenvalue weighted by Gasteiger charge is -2.12. The monoisotopic (exact) mass is 358 g/mol. The van der Waals surface area contributed by atoms with Gasteiger partial charge in [-0.25, -0.2) is 9.07 Å². The second-order valence-electron chi connectivity index (χ2n) is 4.30. The van der Waals surface area contributed by atoms with Gasteiger partial charge in [-0.3, -0.25) is 4.79 Å². The molecule has 0 unspecified atom stereocenters. The van der Waals surface area contributed by atoms with Crippen molar-refractivity contribution in [3.8, 4) is 16.8 Å². The normalized spacial score (nSPS) is 10.9. The summed E-state index contributed by atoms with van der Waals surface area (Å²) >= 11 is 17.7. The van der Waals surface area contributed by atoms with Crippen LogP contribution in [-0.2, 0) is 0 Å². The standard InChI is InChI=1S/C13H6Cl3FN4O/c14-7-1-2-9(21-5-10(16)19-20-21)12(13(7)17)6-3-11(22)18-4-8(6)15/h1-5H,(H,18,22). The molecule has 0 saturated heterocycles. The maximum atomic E-state index is 14.6. The SMILES string of the molecule is O=c1cc(-c2c(-n3cc(Cl)nn3)ccc(Cl)c2F)c(Cl)c[nH]1. The summed E-state index contributed by atoms with van der Waals surface area (Å²) in [6.45, 7) is 0. The van der Waals surface area contributed by atoms with Crippen molar-refractivity contribution in [2.45, 2.75) is 0 Å². The fourth-order valence-electron chi connectivity index (χ4n) is 1.99. The van der Waals surface area contributed by atoms with Crippen LogP contribution >= 0.6 is 34.8 Å². The molecule has 3 aromatic rings. The molecule has 9 heteroatoms. The zero-order chi connectivity index (χ0) is 15.9. The van der Waals surface area contributed by atoms with Gasteiger partial charge in [0.15, 0.2) is 11.0 Å². The molecular formula is C13H6Cl3FN4O. The van der Waals surface area contributed by atoms with Gasteiger partial charge < -0.3 is 4.98 Å². The highest BCUT2D eigenvalue weighted by Crippen LogP contribution is 2.36. The molecule has 5 nitrogen and oxygen atoms in total. The molecule has 1 aromatic carbocycles. The molecular weight excluding hydrogens is 354 g/mol. The van der Waals surface area contributed by atoms with E-state index in [9.17, 15) is 9.18 Å². The Hall–Kier alpha value is -1.89. The number of aromatic nitrogens is 4. The molecule has 0 aliphatic heterocycles. The Morgan fingerprint density at radius 2 is 1.95 bits per heavy atom. The molecule has 2 aromatic heterocycles. The number of benzene rings is 1. The highest BCUT2D eigenvalue weighted by Gasteiger charge is 2.19. The fraction of sp³-hybridized carbons (Fsp3) is 0. The maximum Gasteiger partial charge on any atom is 0.248 e. The topological polar surface area (TPSA) is 63.6 Å². The average Bonchev–Trinajstić information content (AvgIpc) is 2.91. The number of nitrogens with zero attached hydrogens (tertiary/aromatic N) is 3. The summed E-state index contributed by atoms with van der Waals surface area (Å²) in [7, 11) is 0. The van der Waals surface area contributed by atoms with Gasteiger partial charge >= 0.3 is 0 Å². The molecule has 0 atom stereocenters. The Morgan fingerprint density at radius 1 is 1.18 bits per heavy atom. The van der Waals surface area contributed by atoms with Crippen LogP contribution in [0.25, 0.3) is 16.8 Å². The molecule has 1 N–H and O–H groups in total. The first kappa shape index (κ1) is 15.0. The number of aromatic amines is 1. The molecule has 0 aliphatic carbocycles. The Kier molecular flexibility index (Phi) is 3.90. The van der Waals surface area contributed by atoms with Crippen LogP contribution in [0.2, 0.25) is 15.2 Å². The molecule has 0 fully saturated rings. The number of pyridine rings is 1. The molecule has 3 rings (SSSR count). The highest BCUT2D eigenvalue weighted by molar-refractivity contribution is 6.34. The summed E-state index contributed by atoms with van der Waals surface area (Å²) in [5.41, 5.74) is 0.0901. The van der Waals surface area contributed by atoms with E-state index >= 15 is 0 Å². The molecule has 22 heavy (non-hydrogen) atoms. The van der Waals surface area contributed by atoms with Crippen LogP contribution in [0.5, 0.6) is 0 Å². The third-order valence-corrected chi connectivity index (χ3v) is 3.71. The van der Waals surface area contributed by atoms with Gasteiger partial charge in [-0.05, 0) is 12.1 Å². The van der Waals surface area contributed by atoms with Gasteiger partial charge in [-0.2, -0.15) is 0 Å². The van der Waals surface area contributed by atoms with Crippen LogP contribution in [0.3, 0.4) is 0 Å². The van der Waals surface area contributed by atoms with Crippen molar-refractivity contribution in [2.75, 3.05) is 0 Å². The highest BCUT2D eigenvalue weighted by atomic mass is 35.5. The van der Waals surface area contributed by atoms with E-state index in [0.717, 1.165) is 0 Å². The molecule has 0 spiro atoms. The Morgan fingerprint density at radius 3 is 2.64 bits per heavy atom. The van der Waals surface area contributed by atoms with Gasteiger partial charge in [0.1, 0.15) is 0 Å². The quantitative estimate of drug-likeness (QED) is 0.758. The van der Waals surface area contributed by atoms with E-state index in [1.54, 1.807) is 0 Å². The molecule has 112 valence electrons. The average molecular weight is 360 g/mol. The predicted molar refractivity (Wildman–Crippen MR) is 82.4 cm³/mol. The van der Waals surface area contributed by atoms with Crippen LogP contribution < -0.4 is 5.56 Å². The van der Waals surface area contributed by atoms with E-state index in [1.165, 1.54) is 35.3 Å². The zero-order valence-electron chi connectivity index (χ0n) is 10.6. The van der Waals surface area contributed by atoms with Gasteiger partial charge in [0, 0.05) is 23.4 Å². The third-order valence-electron chi connectivity index (χ3n) is 2.93. The first-order valence-electron chi connectivity index (χ1n) is 5.92. The number of nitrogens with one attached hydrogen (secondary N) is 1. The summed E-state index contributed by atoms with van der Waals surface area (Å²) in [5, 5.41) is 7.62. The van der Waals surface area contributed by atoms with Crippen LogP contribution in [0.4, 0.5) is 4.39 Å². The van der Waals surface area contributed by atoms with Crippen LogP contribution in [0.1, 0.15) is 0 Å². The van der Waals surface area contributed by atoms with Crippen LogP contribution in [0.15, 0.2) is 35.4 Å². The van der Waals surface area contributed by atoms with Crippen molar-refractivity contribution in [3.05, 3.63) is 62.0 Å². The zero-order valence-corrected chi connectivity index (χ0v) is 12.9. The van der Waals surface area contributed by atoms with Gasteiger partial charge in [0.2, 0.25) is 5.56 Å². The van der Waals surface area contributed by atoms with Crippen molar-refractivity contribution in [2.24, 2.45) is 0 Å². The predicted octanol–water partition coefficient (Wildman–Crippen LogP) is 3.72. The molecule has 2 heterocycles. The minimum absolute atomic E-state index is 0.0326. The van der Waals surface area contributed by atoms with Crippen molar-refractivity contribution in [3.63, 3.8) is 0 Å². The first-order chi connectivity index (χ1) is 10.5.